The van der Waals surface area contributed by atoms with Crippen LogP contribution in [-0.2, 0) is 9.47 Å². The van der Waals surface area contributed by atoms with Crippen LogP contribution in [0, 0.1) is 46.3 Å². The first kappa shape index (κ1) is 21.4. The molecule has 1 spiro atoms. The van der Waals surface area contributed by atoms with Gasteiger partial charge < -0.3 is 19.7 Å². The van der Waals surface area contributed by atoms with Gasteiger partial charge in [0.15, 0.2) is 5.79 Å². The Hall–Kier alpha value is -0.160. The van der Waals surface area contributed by atoms with E-state index >= 15 is 0 Å². The van der Waals surface area contributed by atoms with Gasteiger partial charge in [-0.15, -0.1) is 0 Å². The number of ether oxygens (including phenoxy) is 2. The number of hydrogen-bond acceptors (Lipinski definition) is 4. The Morgan fingerprint density at radius 2 is 1.71 bits per heavy atom. The highest BCUT2D eigenvalue weighted by molar-refractivity contribution is 5.18. The molecule has 6 aliphatic rings. The third-order valence-electron chi connectivity index (χ3n) is 12.1. The molecule has 4 aliphatic carbocycles. The van der Waals surface area contributed by atoms with Crippen molar-refractivity contribution in [2.45, 2.75) is 115 Å². The summed E-state index contributed by atoms with van der Waals surface area (Å²) in [5, 5.41) is 22.8. The van der Waals surface area contributed by atoms with Crippen LogP contribution in [0.4, 0.5) is 0 Å². The fraction of sp³-hybridized carbons (Fsp3) is 1.00. The molecule has 2 N–H and O–H groups in total. The van der Waals surface area contributed by atoms with Crippen LogP contribution in [0.15, 0.2) is 0 Å². The molecule has 0 aromatic carbocycles. The number of hydrogen-bond donors (Lipinski definition) is 2. The van der Waals surface area contributed by atoms with Crippen LogP contribution in [0.1, 0.15) is 91.9 Å². The lowest BCUT2D eigenvalue weighted by Crippen LogP contribution is -2.66. The van der Waals surface area contributed by atoms with E-state index in [4.69, 9.17) is 9.47 Å². The van der Waals surface area contributed by atoms with Crippen LogP contribution in [0.5, 0.6) is 0 Å². The molecule has 4 heteroatoms. The van der Waals surface area contributed by atoms with Crippen LogP contribution >= 0.6 is 0 Å². The van der Waals surface area contributed by atoms with E-state index in [1.54, 1.807) is 0 Å². The zero-order valence-corrected chi connectivity index (χ0v) is 20.1. The van der Waals surface area contributed by atoms with Gasteiger partial charge in [0.2, 0.25) is 0 Å². The Bertz CT molecular complexity index is 731. The zero-order chi connectivity index (χ0) is 21.8. The van der Waals surface area contributed by atoms with Crippen LogP contribution in [-0.4, -0.2) is 40.4 Å². The zero-order valence-electron chi connectivity index (χ0n) is 20.1. The Labute approximate surface area is 188 Å². The van der Waals surface area contributed by atoms with Gasteiger partial charge in [-0.25, -0.2) is 0 Å². The Morgan fingerprint density at radius 1 is 0.903 bits per heavy atom. The molecule has 6 fully saturated rings. The highest BCUT2D eigenvalue weighted by atomic mass is 16.7. The molecule has 12 atom stereocenters. The third-order valence-corrected chi connectivity index (χ3v) is 12.1. The van der Waals surface area contributed by atoms with Crippen LogP contribution in [0.3, 0.4) is 0 Å². The normalized spacial score (nSPS) is 63.3. The fourth-order valence-electron chi connectivity index (χ4n) is 10.3. The van der Waals surface area contributed by atoms with Crippen molar-refractivity contribution in [2.24, 2.45) is 46.3 Å². The second kappa shape index (κ2) is 6.71. The first-order valence-corrected chi connectivity index (χ1v) is 13.4. The summed E-state index contributed by atoms with van der Waals surface area (Å²) < 4.78 is 13.3. The molecule has 0 aromatic heterocycles. The van der Waals surface area contributed by atoms with Crippen molar-refractivity contribution in [2.75, 3.05) is 6.61 Å². The molecule has 4 saturated carbocycles. The van der Waals surface area contributed by atoms with E-state index in [1.165, 1.54) is 12.8 Å². The van der Waals surface area contributed by atoms with Crippen LogP contribution in [0.25, 0.3) is 0 Å². The maximum absolute atomic E-state index is 11.7. The smallest absolute Gasteiger partial charge is 0.171 e. The van der Waals surface area contributed by atoms with Gasteiger partial charge in [0.1, 0.15) is 0 Å². The predicted octanol–water partition coefficient (Wildman–Crippen LogP) is 4.91. The monoisotopic (exact) mass is 432 g/mol. The molecular weight excluding hydrogens is 388 g/mol. The van der Waals surface area contributed by atoms with Gasteiger partial charge in [0.25, 0.3) is 0 Å². The largest absolute Gasteiger partial charge is 0.392 e. The summed E-state index contributed by atoms with van der Waals surface area (Å²) in [5.74, 6) is 3.04. The van der Waals surface area contributed by atoms with Crippen molar-refractivity contribution in [3.8, 4) is 0 Å². The molecule has 6 rings (SSSR count). The minimum absolute atomic E-state index is 0.298. The summed E-state index contributed by atoms with van der Waals surface area (Å²) in [7, 11) is 0. The van der Waals surface area contributed by atoms with E-state index in [-0.39, 0.29) is 17.3 Å². The maximum Gasteiger partial charge on any atom is 0.171 e. The standard InChI is InChI=1S/C27H44O4/c1-16-7-13-27(30-15-16)17(2)23-21(31-27)14-20-18-8-12-26(29)10-5-6-22(28)25(26,4)19(18)9-11-24(20,23)3/h16-23,28-29H,5-15H2,1-4H3/t16?,17-,18+,19-,20-,21-,22?,23-,24-,25-,26?,27+/m0/s1. The highest BCUT2D eigenvalue weighted by Crippen LogP contribution is 2.71. The summed E-state index contributed by atoms with van der Waals surface area (Å²) >= 11 is 0. The molecule has 2 heterocycles. The quantitative estimate of drug-likeness (QED) is 0.571. The summed E-state index contributed by atoms with van der Waals surface area (Å²) in [4.78, 5) is 0. The molecule has 31 heavy (non-hydrogen) atoms. The average molecular weight is 433 g/mol. The lowest BCUT2D eigenvalue weighted by molar-refractivity contribution is -0.275. The van der Waals surface area contributed by atoms with Crippen LogP contribution in [0.2, 0.25) is 0 Å². The Kier molecular flexibility index (Phi) is 4.62. The van der Waals surface area contributed by atoms with E-state index in [0.717, 1.165) is 58.0 Å². The minimum atomic E-state index is -0.672. The van der Waals surface area contributed by atoms with Crippen molar-refractivity contribution >= 4 is 0 Å². The molecule has 0 amide bonds. The molecule has 3 unspecified atom stereocenters. The van der Waals surface area contributed by atoms with Crippen molar-refractivity contribution in [3.05, 3.63) is 0 Å². The topological polar surface area (TPSA) is 58.9 Å². The molecule has 0 radical (unpaired) electrons. The number of aliphatic hydroxyl groups excluding tert-OH is 1. The third kappa shape index (κ3) is 2.57. The first-order chi connectivity index (χ1) is 14.6. The first-order valence-electron chi connectivity index (χ1n) is 13.4. The predicted molar refractivity (Wildman–Crippen MR) is 119 cm³/mol. The molecule has 0 bridgehead atoms. The molecule has 176 valence electrons. The van der Waals surface area contributed by atoms with Crippen LogP contribution < -0.4 is 0 Å². The van der Waals surface area contributed by atoms with Gasteiger partial charge >= 0.3 is 0 Å². The van der Waals surface area contributed by atoms with Gasteiger partial charge in [-0.2, -0.15) is 0 Å². The van der Waals surface area contributed by atoms with Crippen molar-refractivity contribution in [1.82, 2.24) is 0 Å². The van der Waals surface area contributed by atoms with Crippen molar-refractivity contribution in [1.29, 1.82) is 0 Å². The second-order valence-corrected chi connectivity index (χ2v) is 13.2. The molecule has 2 aliphatic heterocycles. The summed E-state index contributed by atoms with van der Waals surface area (Å²) in [6.07, 6.45) is 10.4. The van der Waals surface area contributed by atoms with Gasteiger partial charge in [-0.3, -0.25) is 0 Å². The van der Waals surface area contributed by atoms with Gasteiger partial charge in [-0.05, 0) is 92.8 Å². The van der Waals surface area contributed by atoms with E-state index in [1.807, 2.05) is 0 Å². The lowest BCUT2D eigenvalue weighted by Gasteiger charge is -2.65. The Balaban J connectivity index is 1.29. The second-order valence-electron chi connectivity index (χ2n) is 13.2. The lowest BCUT2D eigenvalue weighted by atomic mass is 9.42. The van der Waals surface area contributed by atoms with E-state index in [0.29, 0.717) is 47.0 Å². The summed E-state index contributed by atoms with van der Waals surface area (Å²) in [6, 6.07) is 0. The summed E-state index contributed by atoms with van der Waals surface area (Å²) in [5.41, 5.74) is -0.718. The van der Waals surface area contributed by atoms with Crippen molar-refractivity contribution in [3.63, 3.8) is 0 Å². The SMILES string of the molecule is CC1CC[C@@]2(OC1)O[C@H]1C[C@H]3[C@@H]4CCC5(O)CCCC(O)[C@]5(C)[C@H]4CC[C@]3(C)[C@H]1[C@@H]2C. The summed E-state index contributed by atoms with van der Waals surface area (Å²) in [6.45, 7) is 10.3. The highest BCUT2D eigenvalue weighted by Gasteiger charge is 2.71. The minimum Gasteiger partial charge on any atom is -0.392 e. The van der Waals surface area contributed by atoms with Gasteiger partial charge in [0.05, 0.1) is 24.4 Å². The molecule has 4 nitrogen and oxygen atoms in total. The van der Waals surface area contributed by atoms with E-state index in [2.05, 4.69) is 27.7 Å². The molecule has 2 saturated heterocycles. The maximum atomic E-state index is 11.7. The Morgan fingerprint density at radius 3 is 2.45 bits per heavy atom. The number of aliphatic hydroxyl groups is 2. The fourth-order valence-corrected chi connectivity index (χ4v) is 10.3. The van der Waals surface area contributed by atoms with Gasteiger partial charge in [0, 0.05) is 17.8 Å². The number of rotatable bonds is 0. The number of fused-ring (bicyclic) bond motifs is 7. The molecule has 0 aromatic rings. The molecular formula is C27H44O4. The average Bonchev–Trinajstić information content (AvgIpc) is 3.17. The van der Waals surface area contributed by atoms with E-state index in [9.17, 15) is 10.2 Å². The van der Waals surface area contributed by atoms with E-state index < -0.39 is 5.60 Å². The van der Waals surface area contributed by atoms with Gasteiger partial charge in [-0.1, -0.05) is 27.7 Å². The van der Waals surface area contributed by atoms with Crippen molar-refractivity contribution < 1.29 is 19.7 Å².